The zero-order chi connectivity index (χ0) is 24.5. The normalized spacial score (nSPS) is 27.1. The van der Waals surface area contributed by atoms with Crippen LogP contribution < -0.4 is 0 Å². The summed E-state index contributed by atoms with van der Waals surface area (Å²) in [6.07, 6.45) is 5.42. The highest BCUT2D eigenvalue weighted by molar-refractivity contribution is 7.17. The van der Waals surface area contributed by atoms with Crippen molar-refractivity contribution in [3.05, 3.63) is 71.1 Å². The summed E-state index contributed by atoms with van der Waals surface area (Å²) in [6.45, 7) is 5.12. The number of fused-ring (bicyclic) bond motifs is 4. The highest BCUT2D eigenvalue weighted by atomic mass is 32.1. The molecule has 0 amide bonds. The zero-order valence-corrected chi connectivity index (χ0v) is 21.6. The van der Waals surface area contributed by atoms with Gasteiger partial charge >= 0.3 is 5.97 Å². The number of thiophene rings is 1. The molecule has 4 saturated heterocycles. The maximum atomic E-state index is 13.7. The average Bonchev–Trinajstić information content (AvgIpc) is 3.39. The van der Waals surface area contributed by atoms with Crippen molar-refractivity contribution in [2.75, 3.05) is 39.3 Å². The Balaban J connectivity index is 1.17. The first-order valence-electron chi connectivity index (χ1n) is 13.5. The van der Waals surface area contributed by atoms with E-state index in [1.54, 1.807) is 11.3 Å². The van der Waals surface area contributed by atoms with Gasteiger partial charge in [0, 0.05) is 29.0 Å². The van der Waals surface area contributed by atoms with Gasteiger partial charge in [-0.25, -0.2) is 4.79 Å². The second-order valence-electron chi connectivity index (χ2n) is 10.9. The quantitative estimate of drug-likeness (QED) is 0.244. The first kappa shape index (κ1) is 23.8. The number of hydrogen-bond donors (Lipinski definition) is 0. The molecular formula is C30H35N2O3S+. The van der Waals surface area contributed by atoms with Crippen LogP contribution in [0.2, 0.25) is 0 Å². The zero-order valence-electron chi connectivity index (χ0n) is 20.8. The van der Waals surface area contributed by atoms with E-state index in [1.807, 2.05) is 42.5 Å². The Kier molecular flexibility index (Phi) is 6.67. The van der Waals surface area contributed by atoms with Crippen LogP contribution in [0, 0.1) is 5.92 Å². The van der Waals surface area contributed by atoms with Crippen LogP contribution in [0.3, 0.4) is 0 Å². The van der Waals surface area contributed by atoms with Crippen molar-refractivity contribution >= 4 is 33.2 Å². The summed E-state index contributed by atoms with van der Waals surface area (Å²) in [6, 6.07) is 17.9. The van der Waals surface area contributed by atoms with Crippen molar-refractivity contribution in [1.82, 2.24) is 4.90 Å². The number of carbonyl (C=O) groups is 2. The molecule has 2 aromatic carbocycles. The predicted octanol–water partition coefficient (Wildman–Crippen LogP) is 5.46. The third-order valence-corrected chi connectivity index (χ3v) is 9.55. The second kappa shape index (κ2) is 10.1. The molecule has 36 heavy (non-hydrogen) atoms. The minimum Gasteiger partial charge on any atom is -0.455 e. The number of hydrogen-bond acceptors (Lipinski definition) is 5. The largest absolute Gasteiger partial charge is 0.455 e. The van der Waals surface area contributed by atoms with E-state index in [2.05, 4.69) is 22.4 Å². The number of ether oxygens (including phenoxy) is 1. The number of piperidine rings is 4. The maximum absolute atomic E-state index is 13.7. The number of rotatable bonds is 7. The van der Waals surface area contributed by atoms with Gasteiger partial charge in [0.2, 0.25) is 5.78 Å². The third-order valence-electron chi connectivity index (χ3n) is 8.66. The molecule has 4 fully saturated rings. The number of carbonyl (C=O) groups excluding carboxylic acids is 2. The van der Waals surface area contributed by atoms with Crippen LogP contribution >= 0.6 is 11.3 Å². The number of Topliss-reactive ketones (excluding diaryl/α,β-unsaturated/α-hetero) is 1. The lowest BCUT2D eigenvalue weighted by molar-refractivity contribution is -0.938. The van der Waals surface area contributed by atoms with Gasteiger partial charge < -0.3 is 9.22 Å². The minimum atomic E-state index is -0.339. The predicted molar refractivity (Wildman–Crippen MR) is 143 cm³/mol. The smallest absolute Gasteiger partial charge is 0.328 e. The first-order valence-corrected chi connectivity index (χ1v) is 14.3. The summed E-state index contributed by atoms with van der Waals surface area (Å²) in [4.78, 5) is 29.4. The Morgan fingerprint density at radius 3 is 2.56 bits per heavy atom. The maximum Gasteiger partial charge on any atom is 0.328 e. The molecule has 2 atom stereocenters. The monoisotopic (exact) mass is 503 g/mol. The van der Waals surface area contributed by atoms with E-state index in [1.165, 1.54) is 11.1 Å². The second-order valence-corrected chi connectivity index (χ2v) is 11.9. The van der Waals surface area contributed by atoms with Gasteiger partial charge in [-0.3, -0.25) is 9.69 Å². The molecule has 6 heteroatoms. The molecule has 5 nitrogen and oxygen atoms in total. The average molecular weight is 504 g/mol. The molecular weight excluding hydrogens is 468 g/mol. The molecule has 3 aromatic rings. The Bertz CT molecular complexity index is 1230. The highest BCUT2D eigenvalue weighted by Crippen LogP contribution is 2.37. The van der Waals surface area contributed by atoms with E-state index >= 15 is 0 Å². The highest BCUT2D eigenvalue weighted by Gasteiger charge is 2.49. The molecule has 0 spiro atoms. The van der Waals surface area contributed by atoms with Crippen LogP contribution in [-0.4, -0.2) is 66.5 Å². The van der Waals surface area contributed by atoms with E-state index in [0.717, 1.165) is 79.4 Å². The van der Waals surface area contributed by atoms with E-state index in [4.69, 9.17) is 4.74 Å². The topological polar surface area (TPSA) is 46.6 Å². The van der Waals surface area contributed by atoms with Gasteiger partial charge in [-0.15, -0.1) is 11.3 Å². The van der Waals surface area contributed by atoms with Gasteiger partial charge in [0.25, 0.3) is 0 Å². The minimum absolute atomic E-state index is 0.108. The number of benzene rings is 2. The van der Waals surface area contributed by atoms with Gasteiger partial charge in [-0.2, -0.15) is 0 Å². The molecule has 0 radical (unpaired) electrons. The fourth-order valence-electron chi connectivity index (χ4n) is 6.63. The van der Waals surface area contributed by atoms with Gasteiger partial charge in [0.15, 0.2) is 6.10 Å². The van der Waals surface area contributed by atoms with Crippen molar-refractivity contribution in [2.45, 2.75) is 44.2 Å². The van der Waals surface area contributed by atoms with Crippen molar-refractivity contribution in [3.8, 4) is 0 Å². The summed E-state index contributed by atoms with van der Waals surface area (Å²) in [5.74, 6) is 0.488. The van der Waals surface area contributed by atoms with Crippen LogP contribution in [0.25, 0.3) is 10.1 Å². The fourth-order valence-corrected chi connectivity index (χ4v) is 7.41. The summed E-state index contributed by atoms with van der Waals surface area (Å²) in [7, 11) is 0. The Hall–Kier alpha value is -2.54. The lowest BCUT2D eigenvalue weighted by atomic mass is 9.82. The third kappa shape index (κ3) is 4.74. The van der Waals surface area contributed by atoms with Gasteiger partial charge in [0.05, 0.1) is 13.1 Å². The van der Waals surface area contributed by atoms with Crippen molar-refractivity contribution in [1.29, 1.82) is 0 Å². The molecule has 1 aromatic heterocycles. The number of esters is 1. The number of likely N-dealkylation sites (tertiary alicyclic amines) is 1. The van der Waals surface area contributed by atoms with Crippen LogP contribution in [0.4, 0.5) is 0 Å². The van der Waals surface area contributed by atoms with Gasteiger partial charge in [-0.1, -0.05) is 36.8 Å². The first-order chi connectivity index (χ1) is 17.6. The van der Waals surface area contributed by atoms with Crippen LogP contribution in [0.1, 0.15) is 54.1 Å². The molecule has 0 saturated carbocycles. The van der Waals surface area contributed by atoms with E-state index in [9.17, 15) is 9.59 Å². The molecule has 4 aliphatic rings. The molecule has 2 bridgehead atoms. The van der Waals surface area contributed by atoms with Crippen molar-refractivity contribution in [3.63, 3.8) is 0 Å². The molecule has 0 aliphatic carbocycles. The molecule has 188 valence electrons. The molecule has 7 rings (SSSR count). The molecule has 0 N–H and O–H groups in total. The summed E-state index contributed by atoms with van der Waals surface area (Å²) < 4.78 is 8.31. The Morgan fingerprint density at radius 2 is 1.78 bits per heavy atom. The van der Waals surface area contributed by atoms with Crippen LogP contribution in [-0.2, 0) is 9.53 Å². The standard InChI is InChI=1S/C30H35N2O3S/c33-26(24-9-10-28-25(19-24)13-18-36-28)20-32-16-11-22(12-17-32)27(21-32)35-30(34)29(23-7-3-1-4-8-23)31-14-5-2-6-15-31/h1,3-4,7-10,13,18-19,22,27,29H,2,5-6,11-12,14-17,20-21H2/q+1/t22?,27-,29-,32?/m0/s1. The number of quaternary nitrogens is 1. The van der Waals surface area contributed by atoms with Crippen molar-refractivity contribution in [2.24, 2.45) is 5.92 Å². The van der Waals surface area contributed by atoms with Gasteiger partial charge in [-0.05, 0) is 66.5 Å². The SMILES string of the molecule is O=C(C[N+]12CCC(CC1)[C@@H](OC(=O)[C@H](c1ccccc1)N1CCCCC1)C2)c1ccc2sccc2c1. The molecule has 0 unspecified atom stereocenters. The lowest BCUT2D eigenvalue weighted by Gasteiger charge is -2.51. The van der Waals surface area contributed by atoms with Gasteiger partial charge in [0.1, 0.15) is 19.1 Å². The lowest BCUT2D eigenvalue weighted by Crippen LogP contribution is -2.66. The Labute approximate surface area is 217 Å². The van der Waals surface area contributed by atoms with E-state index in [-0.39, 0.29) is 23.9 Å². The number of nitrogens with zero attached hydrogens (tertiary/aromatic N) is 2. The number of ketones is 1. The fraction of sp³-hybridized carbons (Fsp3) is 0.467. The van der Waals surface area contributed by atoms with E-state index < -0.39 is 0 Å². The summed E-state index contributed by atoms with van der Waals surface area (Å²) in [5, 5.41) is 3.21. The van der Waals surface area contributed by atoms with Crippen LogP contribution in [0.5, 0.6) is 0 Å². The van der Waals surface area contributed by atoms with Crippen molar-refractivity contribution < 1.29 is 18.8 Å². The molecule has 5 heterocycles. The summed E-state index contributed by atoms with van der Waals surface area (Å²) >= 11 is 1.70. The molecule has 4 aliphatic heterocycles. The Morgan fingerprint density at radius 1 is 1.00 bits per heavy atom. The summed E-state index contributed by atoms with van der Waals surface area (Å²) in [5.41, 5.74) is 1.82. The van der Waals surface area contributed by atoms with Crippen LogP contribution in [0.15, 0.2) is 60.0 Å². The van der Waals surface area contributed by atoms with E-state index in [0.29, 0.717) is 12.5 Å².